The van der Waals surface area contributed by atoms with Crippen LogP contribution in [0.2, 0.25) is 0 Å². The summed E-state index contributed by atoms with van der Waals surface area (Å²) in [4.78, 5) is 5.58. The van der Waals surface area contributed by atoms with Gasteiger partial charge in [0.15, 0.2) is 0 Å². The van der Waals surface area contributed by atoms with Gasteiger partial charge in [0.1, 0.15) is 0 Å². The largest absolute Gasteiger partial charge is 0.288 e. The molecule has 1 unspecified atom stereocenters. The highest BCUT2D eigenvalue weighted by atomic mass is 15.3. The SMILES string of the molecule is CCC(N1CCCCC1)N(CCCCC(C)C)CCC(C)C. The highest BCUT2D eigenvalue weighted by Crippen LogP contribution is 2.19. The lowest BCUT2D eigenvalue weighted by Gasteiger charge is -2.41. The molecule has 0 spiro atoms. The number of likely N-dealkylation sites (tertiary alicyclic amines) is 1. The second-order valence-electron chi connectivity index (χ2n) is 8.09. The Morgan fingerprint density at radius 1 is 0.818 bits per heavy atom. The third kappa shape index (κ3) is 7.97. The molecule has 1 aliphatic rings. The molecule has 0 aromatic carbocycles. The Labute approximate surface area is 140 Å². The molecular formula is C20H42N2. The fraction of sp³-hybridized carbons (Fsp3) is 1.00. The molecule has 2 heteroatoms. The Balaban J connectivity index is 2.52. The van der Waals surface area contributed by atoms with Crippen molar-refractivity contribution in [2.75, 3.05) is 26.2 Å². The van der Waals surface area contributed by atoms with Crippen LogP contribution in [-0.2, 0) is 0 Å². The molecule has 1 rings (SSSR count). The highest BCUT2D eigenvalue weighted by Gasteiger charge is 2.24. The maximum absolute atomic E-state index is 2.81. The first kappa shape index (κ1) is 20.0. The van der Waals surface area contributed by atoms with Gasteiger partial charge in [-0.2, -0.15) is 0 Å². The first-order chi connectivity index (χ1) is 10.5. The molecule has 0 N–H and O–H groups in total. The second-order valence-corrected chi connectivity index (χ2v) is 8.09. The summed E-state index contributed by atoms with van der Waals surface area (Å²) < 4.78 is 0. The Hall–Kier alpha value is -0.0800. The number of rotatable bonds is 11. The molecule has 0 aliphatic carbocycles. The van der Waals surface area contributed by atoms with E-state index in [1.165, 1.54) is 77.5 Å². The number of hydrogen-bond acceptors (Lipinski definition) is 2. The Bertz CT molecular complexity index is 256. The van der Waals surface area contributed by atoms with E-state index in [1.54, 1.807) is 0 Å². The first-order valence-electron chi connectivity index (χ1n) is 10.0. The van der Waals surface area contributed by atoms with Crippen LogP contribution in [0.5, 0.6) is 0 Å². The van der Waals surface area contributed by atoms with Gasteiger partial charge in [0.25, 0.3) is 0 Å². The molecule has 0 saturated carbocycles. The van der Waals surface area contributed by atoms with Crippen LogP contribution in [0.1, 0.15) is 86.0 Å². The monoisotopic (exact) mass is 310 g/mol. The predicted octanol–water partition coefficient (Wildman–Crippen LogP) is 5.38. The van der Waals surface area contributed by atoms with Crippen LogP contribution in [0, 0.1) is 11.8 Å². The van der Waals surface area contributed by atoms with Crippen molar-refractivity contribution >= 4 is 0 Å². The fourth-order valence-corrected chi connectivity index (χ4v) is 3.67. The number of hydrogen-bond donors (Lipinski definition) is 0. The minimum atomic E-state index is 0.693. The molecule has 2 nitrogen and oxygen atoms in total. The summed E-state index contributed by atoms with van der Waals surface area (Å²) in [5.74, 6) is 1.67. The minimum Gasteiger partial charge on any atom is -0.288 e. The minimum absolute atomic E-state index is 0.693. The summed E-state index contributed by atoms with van der Waals surface area (Å²) in [6, 6.07) is 0. The van der Waals surface area contributed by atoms with Gasteiger partial charge in [0.05, 0.1) is 6.17 Å². The molecule has 1 fully saturated rings. The van der Waals surface area contributed by atoms with Gasteiger partial charge in [-0.1, -0.05) is 53.9 Å². The summed E-state index contributed by atoms with van der Waals surface area (Å²) in [5.41, 5.74) is 0. The third-order valence-electron chi connectivity index (χ3n) is 5.07. The molecule has 1 atom stereocenters. The van der Waals surface area contributed by atoms with E-state index in [9.17, 15) is 0 Å². The van der Waals surface area contributed by atoms with Crippen LogP contribution in [0.15, 0.2) is 0 Å². The van der Waals surface area contributed by atoms with Crippen molar-refractivity contribution in [1.82, 2.24) is 9.80 Å². The van der Waals surface area contributed by atoms with Crippen molar-refractivity contribution in [3.8, 4) is 0 Å². The van der Waals surface area contributed by atoms with Crippen LogP contribution in [0.3, 0.4) is 0 Å². The zero-order chi connectivity index (χ0) is 16.4. The molecule has 1 aliphatic heterocycles. The molecule has 1 saturated heterocycles. The molecule has 0 radical (unpaired) electrons. The van der Waals surface area contributed by atoms with Gasteiger partial charge in [0, 0.05) is 0 Å². The van der Waals surface area contributed by atoms with Crippen LogP contribution in [0.25, 0.3) is 0 Å². The van der Waals surface area contributed by atoms with E-state index in [2.05, 4.69) is 44.4 Å². The van der Waals surface area contributed by atoms with E-state index in [0.29, 0.717) is 6.17 Å². The predicted molar refractivity (Wildman–Crippen MR) is 99.2 cm³/mol. The molecule has 0 amide bonds. The Morgan fingerprint density at radius 3 is 2.00 bits per heavy atom. The van der Waals surface area contributed by atoms with Crippen molar-refractivity contribution in [3.63, 3.8) is 0 Å². The quantitative estimate of drug-likeness (QED) is 0.473. The van der Waals surface area contributed by atoms with Crippen molar-refractivity contribution in [2.24, 2.45) is 11.8 Å². The second kappa shape index (κ2) is 11.5. The zero-order valence-corrected chi connectivity index (χ0v) is 16.1. The topological polar surface area (TPSA) is 6.48 Å². The highest BCUT2D eigenvalue weighted by molar-refractivity contribution is 4.76. The molecule has 0 bridgehead atoms. The van der Waals surface area contributed by atoms with Gasteiger partial charge >= 0.3 is 0 Å². The average Bonchev–Trinajstić information content (AvgIpc) is 2.49. The number of piperidine rings is 1. The number of unbranched alkanes of at least 4 members (excludes halogenated alkanes) is 1. The van der Waals surface area contributed by atoms with E-state index in [4.69, 9.17) is 0 Å². The van der Waals surface area contributed by atoms with Crippen molar-refractivity contribution in [2.45, 2.75) is 92.2 Å². The van der Waals surface area contributed by atoms with Crippen LogP contribution in [-0.4, -0.2) is 42.1 Å². The maximum Gasteiger partial charge on any atom is 0.0619 e. The summed E-state index contributed by atoms with van der Waals surface area (Å²) in [6.45, 7) is 17.0. The van der Waals surface area contributed by atoms with Gasteiger partial charge in [-0.3, -0.25) is 9.80 Å². The van der Waals surface area contributed by atoms with Gasteiger partial charge in [-0.25, -0.2) is 0 Å². The smallest absolute Gasteiger partial charge is 0.0619 e. The van der Waals surface area contributed by atoms with Gasteiger partial charge in [0.2, 0.25) is 0 Å². The molecule has 1 heterocycles. The lowest BCUT2D eigenvalue weighted by atomic mass is 10.0. The van der Waals surface area contributed by atoms with Crippen LogP contribution < -0.4 is 0 Å². The molecule has 0 aromatic rings. The van der Waals surface area contributed by atoms with Crippen LogP contribution >= 0.6 is 0 Å². The third-order valence-corrected chi connectivity index (χ3v) is 5.07. The van der Waals surface area contributed by atoms with Gasteiger partial charge in [-0.05, 0) is 70.1 Å². The van der Waals surface area contributed by atoms with E-state index in [-0.39, 0.29) is 0 Å². The van der Waals surface area contributed by atoms with Crippen molar-refractivity contribution in [3.05, 3.63) is 0 Å². The first-order valence-corrected chi connectivity index (χ1v) is 10.0. The Morgan fingerprint density at radius 2 is 1.45 bits per heavy atom. The van der Waals surface area contributed by atoms with Crippen molar-refractivity contribution < 1.29 is 0 Å². The number of nitrogens with zero attached hydrogens (tertiary/aromatic N) is 2. The Kier molecular flexibility index (Phi) is 10.4. The molecule has 0 aromatic heterocycles. The van der Waals surface area contributed by atoms with E-state index in [1.807, 2.05) is 0 Å². The average molecular weight is 311 g/mol. The van der Waals surface area contributed by atoms with E-state index in [0.717, 1.165) is 11.8 Å². The fourth-order valence-electron chi connectivity index (χ4n) is 3.67. The molecule has 132 valence electrons. The summed E-state index contributed by atoms with van der Waals surface area (Å²) in [7, 11) is 0. The van der Waals surface area contributed by atoms with E-state index >= 15 is 0 Å². The normalized spacial score (nSPS) is 18.5. The molecule has 22 heavy (non-hydrogen) atoms. The summed E-state index contributed by atoms with van der Waals surface area (Å²) >= 11 is 0. The van der Waals surface area contributed by atoms with E-state index < -0.39 is 0 Å². The maximum atomic E-state index is 2.81. The summed E-state index contributed by atoms with van der Waals surface area (Å²) in [5, 5.41) is 0. The lowest BCUT2D eigenvalue weighted by Crippen LogP contribution is -2.50. The van der Waals surface area contributed by atoms with Crippen molar-refractivity contribution in [1.29, 1.82) is 0 Å². The van der Waals surface area contributed by atoms with Gasteiger partial charge in [-0.15, -0.1) is 0 Å². The molecular weight excluding hydrogens is 268 g/mol. The van der Waals surface area contributed by atoms with Crippen LogP contribution in [0.4, 0.5) is 0 Å². The standard InChI is InChI=1S/C20H42N2/c1-6-20(21-14-9-7-10-15-21)22(17-13-19(4)5)16-11-8-12-18(2)3/h18-20H,6-17H2,1-5H3. The lowest BCUT2D eigenvalue weighted by molar-refractivity contribution is 0.0220. The summed E-state index contributed by atoms with van der Waals surface area (Å²) in [6.07, 6.45) is 11.7. The van der Waals surface area contributed by atoms with Gasteiger partial charge < -0.3 is 0 Å². The zero-order valence-electron chi connectivity index (χ0n) is 16.1.